The quantitative estimate of drug-likeness (QED) is 0.117. The van der Waals surface area contributed by atoms with Gasteiger partial charge in [0.1, 0.15) is 0 Å². The molecule has 0 bridgehead atoms. The Morgan fingerprint density at radius 2 is 0.909 bits per heavy atom. The molecule has 0 spiro atoms. The van der Waals surface area contributed by atoms with Crippen molar-refractivity contribution >= 4 is 40.6 Å². The normalized spacial score (nSPS) is 13.0. The number of anilines is 5. The van der Waals surface area contributed by atoms with Gasteiger partial charge in [-0.05, 0) is 125 Å². The van der Waals surface area contributed by atoms with Gasteiger partial charge >= 0.3 is 0 Å². The minimum Gasteiger partial charge on any atom is -0.314 e. The molecule has 1 unspecified atom stereocenters. The lowest BCUT2D eigenvalue weighted by Crippen LogP contribution is -2.17. The number of rotatable bonds is 12. The van der Waals surface area contributed by atoms with Crippen molar-refractivity contribution < 1.29 is 0 Å². The van der Waals surface area contributed by atoms with Crippen molar-refractivity contribution in [1.29, 1.82) is 0 Å². The maximum atomic E-state index is 2.37. The second-order valence-corrected chi connectivity index (χ2v) is 14.2. The van der Waals surface area contributed by atoms with Crippen molar-refractivity contribution in [2.75, 3.05) is 9.80 Å². The van der Waals surface area contributed by atoms with Gasteiger partial charge in [-0.3, -0.25) is 0 Å². The summed E-state index contributed by atoms with van der Waals surface area (Å²) in [6, 6.07) is 67.6. The van der Waals surface area contributed by atoms with Crippen LogP contribution in [0.25, 0.3) is 23.3 Å². The van der Waals surface area contributed by atoms with Crippen LogP contribution in [-0.2, 0) is 6.42 Å². The molecule has 7 aromatic rings. The van der Waals surface area contributed by atoms with Crippen LogP contribution in [0.4, 0.5) is 28.4 Å². The van der Waals surface area contributed by atoms with Gasteiger partial charge in [0, 0.05) is 34.1 Å². The average Bonchev–Trinajstić information content (AvgIpc) is 3.26. The van der Waals surface area contributed by atoms with Gasteiger partial charge in [-0.2, -0.15) is 0 Å². The van der Waals surface area contributed by atoms with E-state index in [0.29, 0.717) is 5.92 Å². The smallest absolute Gasteiger partial charge is 0.0461 e. The van der Waals surface area contributed by atoms with Gasteiger partial charge in [0.05, 0.1) is 0 Å². The zero-order chi connectivity index (χ0) is 37.2. The number of hydrogen-bond donors (Lipinski definition) is 0. The molecule has 0 heterocycles. The third kappa shape index (κ3) is 8.61. The summed E-state index contributed by atoms with van der Waals surface area (Å²) in [5.74, 6) is 0.406. The molecule has 1 atom stereocenters. The SMILES string of the molecule is CC(Cc1ccc(N(c2ccccc2)c2ccccc2)cc1)c1ccc(-c2ccc(C=Cc3ccc(N(C4=CC=CCC4)c4ccccc4)cc3)cc2)cc1. The van der Waals surface area contributed by atoms with Crippen LogP contribution in [0, 0.1) is 0 Å². The molecule has 7 aromatic carbocycles. The molecule has 0 fully saturated rings. The van der Waals surface area contributed by atoms with Crippen LogP contribution in [0.5, 0.6) is 0 Å². The summed E-state index contributed by atoms with van der Waals surface area (Å²) in [6.07, 6.45) is 14.1. The maximum Gasteiger partial charge on any atom is 0.0461 e. The Labute approximate surface area is 326 Å². The monoisotopic (exact) mass is 710 g/mol. The molecule has 268 valence electrons. The topological polar surface area (TPSA) is 6.48 Å². The number of para-hydroxylation sites is 3. The molecular weight excluding hydrogens is 665 g/mol. The number of allylic oxidation sites excluding steroid dienone is 4. The third-order valence-electron chi connectivity index (χ3n) is 10.4. The van der Waals surface area contributed by atoms with Crippen molar-refractivity contribution in [2.45, 2.75) is 32.1 Å². The van der Waals surface area contributed by atoms with Gasteiger partial charge in [-0.15, -0.1) is 0 Å². The summed E-state index contributed by atoms with van der Waals surface area (Å²) in [5, 5.41) is 0. The highest BCUT2D eigenvalue weighted by Crippen LogP contribution is 2.36. The third-order valence-corrected chi connectivity index (χ3v) is 10.4. The molecule has 1 aliphatic carbocycles. The van der Waals surface area contributed by atoms with Crippen LogP contribution in [0.3, 0.4) is 0 Å². The molecule has 0 aliphatic heterocycles. The van der Waals surface area contributed by atoms with Crippen LogP contribution in [0.1, 0.15) is 47.9 Å². The van der Waals surface area contributed by atoms with Crippen LogP contribution in [0.15, 0.2) is 212 Å². The van der Waals surface area contributed by atoms with E-state index >= 15 is 0 Å². The fourth-order valence-corrected chi connectivity index (χ4v) is 7.41. The van der Waals surface area contributed by atoms with Gasteiger partial charge in [0.2, 0.25) is 0 Å². The van der Waals surface area contributed by atoms with Crippen LogP contribution in [0.2, 0.25) is 0 Å². The average molecular weight is 711 g/mol. The van der Waals surface area contributed by atoms with E-state index in [4.69, 9.17) is 0 Å². The summed E-state index contributed by atoms with van der Waals surface area (Å²) in [7, 11) is 0. The van der Waals surface area contributed by atoms with Crippen LogP contribution >= 0.6 is 0 Å². The minimum absolute atomic E-state index is 0.406. The number of hydrogen-bond acceptors (Lipinski definition) is 2. The van der Waals surface area contributed by atoms with Crippen molar-refractivity contribution in [3.63, 3.8) is 0 Å². The van der Waals surface area contributed by atoms with E-state index in [-0.39, 0.29) is 0 Å². The first kappa shape index (κ1) is 35.4. The Bertz CT molecular complexity index is 2320. The highest BCUT2D eigenvalue weighted by atomic mass is 15.1. The van der Waals surface area contributed by atoms with Gasteiger partial charge in [-0.25, -0.2) is 0 Å². The first-order valence-electron chi connectivity index (χ1n) is 19.4. The summed E-state index contributed by atoms with van der Waals surface area (Å²) >= 11 is 0. The first-order valence-corrected chi connectivity index (χ1v) is 19.4. The van der Waals surface area contributed by atoms with E-state index in [1.807, 2.05) is 0 Å². The molecule has 2 heteroatoms. The molecule has 8 rings (SSSR count). The molecule has 55 heavy (non-hydrogen) atoms. The standard InChI is InChI=1S/C53H46N2/c1-41(40-44-28-38-53(39-29-44)55(50-18-10-4-11-19-50)51-20-12-5-13-21-51)45-32-34-47(35-33-45)46-30-24-42(25-31-46)22-23-43-26-36-52(37-27-43)54(48-14-6-2-7-15-48)49-16-8-3-9-17-49/h2-8,10-16,18-39,41H,9,17,40H2,1H3. The van der Waals surface area contributed by atoms with Crippen LogP contribution in [-0.4, -0.2) is 0 Å². The zero-order valence-corrected chi connectivity index (χ0v) is 31.4. The van der Waals surface area contributed by atoms with E-state index < -0.39 is 0 Å². The second kappa shape index (κ2) is 17.0. The van der Waals surface area contributed by atoms with Crippen molar-refractivity contribution in [2.24, 2.45) is 0 Å². The van der Waals surface area contributed by atoms with Crippen molar-refractivity contribution in [3.05, 3.63) is 234 Å². The Balaban J connectivity index is 0.893. The molecular formula is C53H46N2. The number of benzene rings is 7. The summed E-state index contributed by atoms with van der Waals surface area (Å²) < 4.78 is 0. The first-order chi connectivity index (χ1) is 27.2. The molecule has 0 saturated carbocycles. The molecule has 1 aliphatic rings. The predicted molar refractivity (Wildman–Crippen MR) is 236 cm³/mol. The van der Waals surface area contributed by atoms with E-state index in [1.54, 1.807) is 0 Å². The van der Waals surface area contributed by atoms with E-state index in [2.05, 4.69) is 235 Å². The Kier molecular flexibility index (Phi) is 10.9. The Morgan fingerprint density at radius 1 is 0.473 bits per heavy atom. The summed E-state index contributed by atoms with van der Waals surface area (Å²) in [4.78, 5) is 4.68. The maximum absolute atomic E-state index is 2.37. The van der Waals surface area contributed by atoms with Crippen molar-refractivity contribution in [3.8, 4) is 11.1 Å². The predicted octanol–water partition coefficient (Wildman–Crippen LogP) is 14.7. The Hall–Kier alpha value is -6.64. The van der Waals surface area contributed by atoms with Crippen LogP contribution < -0.4 is 9.80 Å². The molecule has 0 saturated heterocycles. The van der Waals surface area contributed by atoms with Crippen molar-refractivity contribution in [1.82, 2.24) is 0 Å². The molecule has 0 N–H and O–H groups in total. The largest absolute Gasteiger partial charge is 0.314 e. The lowest BCUT2D eigenvalue weighted by molar-refractivity contribution is 0.759. The highest BCUT2D eigenvalue weighted by Gasteiger charge is 2.16. The van der Waals surface area contributed by atoms with Gasteiger partial charge in [0.15, 0.2) is 0 Å². The molecule has 2 nitrogen and oxygen atoms in total. The molecule has 0 aromatic heterocycles. The van der Waals surface area contributed by atoms with E-state index in [9.17, 15) is 0 Å². The second-order valence-electron chi connectivity index (χ2n) is 14.2. The van der Waals surface area contributed by atoms with Gasteiger partial charge < -0.3 is 9.80 Å². The lowest BCUT2D eigenvalue weighted by atomic mass is 9.92. The fourth-order valence-electron chi connectivity index (χ4n) is 7.41. The minimum atomic E-state index is 0.406. The van der Waals surface area contributed by atoms with E-state index in [0.717, 1.165) is 36.3 Å². The fraction of sp³-hybridized carbons (Fsp3) is 0.0943. The Morgan fingerprint density at radius 3 is 1.42 bits per heavy atom. The van der Waals surface area contributed by atoms with Gasteiger partial charge in [0.25, 0.3) is 0 Å². The molecule has 0 amide bonds. The number of nitrogens with zero attached hydrogens (tertiary/aromatic N) is 2. The summed E-state index contributed by atoms with van der Waals surface area (Å²) in [5.41, 5.74) is 14.7. The lowest BCUT2D eigenvalue weighted by Gasteiger charge is -2.28. The molecule has 0 radical (unpaired) electrons. The van der Waals surface area contributed by atoms with E-state index in [1.165, 1.54) is 50.5 Å². The van der Waals surface area contributed by atoms with Gasteiger partial charge in [-0.1, -0.05) is 159 Å². The highest BCUT2D eigenvalue weighted by molar-refractivity contribution is 5.77. The zero-order valence-electron chi connectivity index (χ0n) is 31.4. The summed E-state index contributed by atoms with van der Waals surface area (Å²) in [6.45, 7) is 2.32.